The van der Waals surface area contributed by atoms with Crippen LogP contribution in [0.25, 0.3) is 0 Å². The highest BCUT2D eigenvalue weighted by atomic mass is 16.5. The molecule has 3 aliphatic rings. The van der Waals surface area contributed by atoms with Gasteiger partial charge in [-0.25, -0.2) is 0 Å². The Balaban J connectivity index is 1.87. The first-order valence-corrected chi connectivity index (χ1v) is 7.56. The predicted molar refractivity (Wildman–Crippen MR) is 67.8 cm³/mol. The van der Waals surface area contributed by atoms with E-state index in [0.717, 1.165) is 38.2 Å². The van der Waals surface area contributed by atoms with E-state index < -0.39 is 5.60 Å². The third-order valence-electron chi connectivity index (χ3n) is 5.63. The van der Waals surface area contributed by atoms with Crippen molar-refractivity contribution in [1.82, 2.24) is 0 Å². The van der Waals surface area contributed by atoms with Crippen molar-refractivity contribution in [2.24, 2.45) is 11.8 Å². The summed E-state index contributed by atoms with van der Waals surface area (Å²) in [6, 6.07) is 0. The van der Waals surface area contributed by atoms with Crippen molar-refractivity contribution in [3.8, 4) is 0 Å². The molecule has 0 aromatic heterocycles. The molecule has 4 unspecified atom stereocenters. The zero-order valence-electron chi connectivity index (χ0n) is 11.1. The van der Waals surface area contributed by atoms with Crippen molar-refractivity contribution >= 4 is 0 Å². The summed E-state index contributed by atoms with van der Waals surface area (Å²) in [4.78, 5) is 0. The van der Waals surface area contributed by atoms with Gasteiger partial charge in [-0.2, -0.15) is 0 Å². The molecule has 3 fully saturated rings. The number of hydrogen-bond donors (Lipinski definition) is 1. The van der Waals surface area contributed by atoms with Gasteiger partial charge >= 0.3 is 0 Å². The van der Waals surface area contributed by atoms with Crippen LogP contribution in [-0.2, 0) is 4.74 Å². The van der Waals surface area contributed by atoms with Crippen LogP contribution in [0.2, 0.25) is 0 Å². The summed E-state index contributed by atoms with van der Waals surface area (Å²) in [5.41, 5.74) is -0.662. The Labute approximate surface area is 105 Å². The summed E-state index contributed by atoms with van der Waals surface area (Å²) in [5.74, 6) is 1.37. The lowest BCUT2D eigenvalue weighted by molar-refractivity contribution is -0.214. The van der Waals surface area contributed by atoms with Gasteiger partial charge in [0.05, 0.1) is 17.8 Å². The Hall–Kier alpha value is -0.0800. The Bertz CT molecular complexity index is 291. The maximum atomic E-state index is 11.1. The summed E-state index contributed by atoms with van der Waals surface area (Å²) < 4.78 is 6.23. The summed E-state index contributed by atoms with van der Waals surface area (Å²) in [6.07, 6.45) is 10.5. The molecule has 0 radical (unpaired) electrons. The molecule has 2 bridgehead atoms. The molecule has 2 aliphatic carbocycles. The van der Waals surface area contributed by atoms with Gasteiger partial charge in [0.25, 0.3) is 0 Å². The topological polar surface area (TPSA) is 29.5 Å². The van der Waals surface area contributed by atoms with Gasteiger partial charge in [0.15, 0.2) is 0 Å². The summed E-state index contributed by atoms with van der Waals surface area (Å²) in [5, 5.41) is 11.1. The molecule has 3 rings (SSSR count). The van der Waals surface area contributed by atoms with Gasteiger partial charge in [0, 0.05) is 0 Å². The number of hydrogen-bond acceptors (Lipinski definition) is 2. The van der Waals surface area contributed by atoms with E-state index in [4.69, 9.17) is 4.74 Å². The molecule has 2 saturated carbocycles. The molecule has 0 aromatic carbocycles. The standard InChI is InChI=1S/C15H26O2/c1-2-3-8-14(16)9-4-5-13-7-6-12-10-15(13,14)17-11-12/h12-13,16H,2-11H2,1H3. The van der Waals surface area contributed by atoms with Gasteiger partial charge in [0.1, 0.15) is 0 Å². The largest absolute Gasteiger partial charge is 0.387 e. The zero-order chi connectivity index (χ0) is 11.9. The number of ether oxygens (including phenoxy) is 1. The van der Waals surface area contributed by atoms with Crippen LogP contribution in [0.4, 0.5) is 0 Å². The lowest BCUT2D eigenvalue weighted by Crippen LogP contribution is -2.61. The summed E-state index contributed by atoms with van der Waals surface area (Å²) in [7, 11) is 0. The second-order valence-corrected chi connectivity index (χ2v) is 6.57. The van der Waals surface area contributed by atoms with E-state index in [-0.39, 0.29) is 5.60 Å². The van der Waals surface area contributed by atoms with Gasteiger partial charge in [0.2, 0.25) is 0 Å². The normalized spacial score (nSPS) is 49.1. The molecule has 1 N–H and O–H groups in total. The van der Waals surface area contributed by atoms with Crippen molar-refractivity contribution in [3.63, 3.8) is 0 Å². The van der Waals surface area contributed by atoms with Crippen LogP contribution in [0, 0.1) is 11.8 Å². The Morgan fingerprint density at radius 1 is 1.29 bits per heavy atom. The number of rotatable bonds is 3. The van der Waals surface area contributed by atoms with Crippen LogP contribution in [-0.4, -0.2) is 22.9 Å². The van der Waals surface area contributed by atoms with E-state index >= 15 is 0 Å². The predicted octanol–water partition coefficient (Wildman–Crippen LogP) is 3.28. The summed E-state index contributed by atoms with van der Waals surface area (Å²) >= 11 is 0. The highest BCUT2D eigenvalue weighted by molar-refractivity contribution is 5.12. The van der Waals surface area contributed by atoms with Gasteiger partial charge in [-0.05, 0) is 50.4 Å². The van der Waals surface area contributed by atoms with Crippen molar-refractivity contribution in [3.05, 3.63) is 0 Å². The molecular formula is C15H26O2. The molecule has 1 aliphatic heterocycles. The molecule has 2 nitrogen and oxygen atoms in total. The molecule has 2 heteroatoms. The van der Waals surface area contributed by atoms with E-state index in [2.05, 4.69) is 6.92 Å². The highest BCUT2D eigenvalue weighted by Gasteiger charge is 2.62. The van der Waals surface area contributed by atoms with Gasteiger partial charge in [-0.3, -0.25) is 0 Å². The molecule has 0 aromatic rings. The van der Waals surface area contributed by atoms with E-state index in [0.29, 0.717) is 5.92 Å². The van der Waals surface area contributed by atoms with Crippen LogP contribution in [0.5, 0.6) is 0 Å². The molecule has 1 heterocycles. The molecule has 17 heavy (non-hydrogen) atoms. The fourth-order valence-electron chi connectivity index (χ4n) is 4.69. The van der Waals surface area contributed by atoms with Crippen LogP contribution in [0.3, 0.4) is 0 Å². The Kier molecular flexibility index (Phi) is 2.99. The first-order chi connectivity index (χ1) is 8.20. The highest BCUT2D eigenvalue weighted by Crippen LogP contribution is 2.57. The third kappa shape index (κ3) is 1.67. The second kappa shape index (κ2) is 4.24. The van der Waals surface area contributed by atoms with E-state index in [9.17, 15) is 5.11 Å². The third-order valence-corrected chi connectivity index (χ3v) is 5.63. The van der Waals surface area contributed by atoms with Crippen LogP contribution < -0.4 is 0 Å². The number of unbranched alkanes of at least 4 members (excludes halogenated alkanes) is 1. The Morgan fingerprint density at radius 3 is 3.00 bits per heavy atom. The first-order valence-electron chi connectivity index (χ1n) is 7.56. The van der Waals surface area contributed by atoms with Gasteiger partial charge < -0.3 is 9.84 Å². The average Bonchev–Trinajstić information content (AvgIpc) is 2.68. The summed E-state index contributed by atoms with van der Waals surface area (Å²) in [6.45, 7) is 3.12. The molecule has 1 saturated heterocycles. The van der Waals surface area contributed by atoms with Crippen LogP contribution in [0.15, 0.2) is 0 Å². The van der Waals surface area contributed by atoms with Crippen molar-refractivity contribution in [1.29, 1.82) is 0 Å². The maximum Gasteiger partial charge on any atom is 0.0999 e. The second-order valence-electron chi connectivity index (χ2n) is 6.57. The Morgan fingerprint density at radius 2 is 2.18 bits per heavy atom. The van der Waals surface area contributed by atoms with Crippen molar-refractivity contribution in [2.75, 3.05) is 6.61 Å². The first kappa shape index (κ1) is 12.0. The van der Waals surface area contributed by atoms with E-state index in [1.165, 1.54) is 32.1 Å². The minimum absolute atomic E-state index is 0.149. The average molecular weight is 238 g/mol. The fraction of sp³-hybridized carbons (Fsp3) is 1.00. The zero-order valence-corrected chi connectivity index (χ0v) is 11.1. The minimum Gasteiger partial charge on any atom is -0.387 e. The van der Waals surface area contributed by atoms with Crippen molar-refractivity contribution in [2.45, 2.75) is 75.9 Å². The fourth-order valence-corrected chi connectivity index (χ4v) is 4.69. The SMILES string of the molecule is CCCCC1(O)CCCC2CCC3COC21C3. The van der Waals surface area contributed by atoms with Gasteiger partial charge in [-0.15, -0.1) is 0 Å². The lowest BCUT2D eigenvalue weighted by atomic mass is 9.58. The molecule has 4 atom stereocenters. The van der Waals surface area contributed by atoms with Gasteiger partial charge in [-0.1, -0.05) is 26.2 Å². The molecule has 1 spiro atoms. The number of fused-ring (bicyclic) bond motifs is 1. The molecular weight excluding hydrogens is 212 g/mol. The minimum atomic E-state index is -0.513. The van der Waals surface area contributed by atoms with Crippen LogP contribution >= 0.6 is 0 Å². The van der Waals surface area contributed by atoms with Crippen molar-refractivity contribution < 1.29 is 9.84 Å². The maximum absolute atomic E-state index is 11.1. The molecule has 98 valence electrons. The van der Waals surface area contributed by atoms with E-state index in [1.54, 1.807) is 0 Å². The quantitative estimate of drug-likeness (QED) is 0.817. The smallest absolute Gasteiger partial charge is 0.0999 e. The monoisotopic (exact) mass is 238 g/mol. The van der Waals surface area contributed by atoms with E-state index in [1.807, 2.05) is 0 Å². The molecule has 0 amide bonds. The number of aliphatic hydroxyl groups is 1. The van der Waals surface area contributed by atoms with Crippen LogP contribution in [0.1, 0.15) is 64.7 Å². The lowest BCUT2D eigenvalue weighted by Gasteiger charge is -2.54.